The molecule has 1 aromatic carbocycles. The van der Waals surface area contributed by atoms with Crippen molar-refractivity contribution in [3.05, 3.63) is 60.8 Å². The Hall–Kier alpha value is -3.46. The van der Waals surface area contributed by atoms with Crippen LogP contribution in [0.1, 0.15) is 12.8 Å². The summed E-state index contributed by atoms with van der Waals surface area (Å²) in [5, 5.41) is 13.1. The number of benzene rings is 1. The summed E-state index contributed by atoms with van der Waals surface area (Å²) in [4.78, 5) is 23.4. The smallest absolute Gasteiger partial charge is 0.231 e. The van der Waals surface area contributed by atoms with Crippen LogP contribution in [-0.4, -0.2) is 39.2 Å². The van der Waals surface area contributed by atoms with Gasteiger partial charge in [-0.15, -0.1) is 10.2 Å². The summed E-state index contributed by atoms with van der Waals surface area (Å²) in [7, 11) is 0. The molecule has 7 nitrogen and oxygen atoms in total. The molecule has 1 saturated heterocycles. The molecule has 1 aliphatic heterocycles. The average molecular weight is 435 g/mol. The van der Waals surface area contributed by atoms with E-state index in [0.717, 1.165) is 46.5 Å². The molecule has 0 radical (unpaired) electrons. The topological polar surface area (TPSA) is 83.9 Å². The molecule has 1 amide bonds. The Labute approximate surface area is 182 Å². The number of piperidine rings is 1. The molecule has 0 saturated carbocycles. The largest absolute Gasteiger partial charge is 0.370 e. The molecule has 1 aliphatic rings. The first-order chi connectivity index (χ1) is 15.2. The average Bonchev–Trinajstić information content (AvgIpc) is 3.28. The minimum absolute atomic E-state index is 0.0772. The summed E-state index contributed by atoms with van der Waals surface area (Å²) in [6.45, 7) is 1.36. The third-order valence-electron chi connectivity index (χ3n) is 5.40. The Balaban J connectivity index is 1.31. The summed E-state index contributed by atoms with van der Waals surface area (Å²) < 4.78 is 13.8. The molecule has 156 valence electrons. The first-order valence-corrected chi connectivity index (χ1v) is 10.8. The molecule has 9 heteroatoms. The Kier molecular flexibility index (Phi) is 5.25. The van der Waals surface area contributed by atoms with Crippen LogP contribution in [0.2, 0.25) is 0 Å². The number of pyridine rings is 2. The number of rotatable bonds is 4. The van der Waals surface area contributed by atoms with Gasteiger partial charge in [0.2, 0.25) is 11.0 Å². The van der Waals surface area contributed by atoms with Gasteiger partial charge in [-0.1, -0.05) is 11.3 Å². The first kappa shape index (κ1) is 19.5. The Morgan fingerprint density at radius 2 is 2.00 bits per heavy atom. The predicted molar refractivity (Wildman–Crippen MR) is 118 cm³/mol. The van der Waals surface area contributed by atoms with Gasteiger partial charge in [-0.3, -0.25) is 14.8 Å². The summed E-state index contributed by atoms with van der Waals surface area (Å²) in [5.41, 5.74) is 2.55. The number of fused-ring (bicyclic) bond motifs is 1. The van der Waals surface area contributed by atoms with E-state index in [4.69, 9.17) is 0 Å². The van der Waals surface area contributed by atoms with Crippen LogP contribution < -0.4 is 10.2 Å². The van der Waals surface area contributed by atoms with E-state index in [2.05, 4.69) is 30.4 Å². The molecule has 1 fully saturated rings. The molecule has 4 heterocycles. The summed E-state index contributed by atoms with van der Waals surface area (Å²) in [6, 6.07) is 10.2. The van der Waals surface area contributed by atoms with Crippen molar-refractivity contribution in [1.82, 2.24) is 20.2 Å². The maximum atomic E-state index is 13.8. The van der Waals surface area contributed by atoms with E-state index in [1.54, 1.807) is 24.7 Å². The van der Waals surface area contributed by atoms with Crippen molar-refractivity contribution in [3.8, 4) is 10.6 Å². The van der Waals surface area contributed by atoms with Gasteiger partial charge in [0.1, 0.15) is 10.8 Å². The lowest BCUT2D eigenvalue weighted by atomic mass is 9.96. The highest BCUT2D eigenvalue weighted by atomic mass is 32.1. The zero-order valence-electron chi connectivity index (χ0n) is 16.5. The van der Waals surface area contributed by atoms with Gasteiger partial charge in [-0.2, -0.15) is 0 Å². The highest BCUT2D eigenvalue weighted by Gasteiger charge is 2.27. The second-order valence-corrected chi connectivity index (χ2v) is 8.39. The van der Waals surface area contributed by atoms with Gasteiger partial charge in [-0.25, -0.2) is 4.39 Å². The number of amides is 1. The monoisotopic (exact) mass is 434 g/mol. The fourth-order valence-corrected chi connectivity index (χ4v) is 4.63. The number of carbonyl (C=O) groups excluding carboxylic acids is 1. The first-order valence-electron chi connectivity index (χ1n) is 10.0. The number of hydrogen-bond donors (Lipinski definition) is 1. The zero-order valence-corrected chi connectivity index (χ0v) is 17.3. The van der Waals surface area contributed by atoms with E-state index in [1.165, 1.54) is 23.5 Å². The van der Waals surface area contributed by atoms with Gasteiger partial charge in [0, 0.05) is 48.3 Å². The highest BCUT2D eigenvalue weighted by Crippen LogP contribution is 2.31. The summed E-state index contributed by atoms with van der Waals surface area (Å²) >= 11 is 1.33. The van der Waals surface area contributed by atoms with E-state index in [9.17, 15) is 9.18 Å². The minimum atomic E-state index is -0.297. The molecule has 0 bridgehead atoms. The maximum absolute atomic E-state index is 13.8. The van der Waals surface area contributed by atoms with E-state index in [1.807, 2.05) is 18.2 Å². The standard InChI is InChI=1S/C22H19FN6OS/c23-16-3-4-18-17(12-16)19(7-10-25-18)29-11-1-2-15(13-29)20(30)26-22-28-27-21(31-22)14-5-8-24-9-6-14/h3-10,12,15H,1-2,11,13H2,(H,26,28,30). The number of nitrogens with zero attached hydrogens (tertiary/aromatic N) is 5. The van der Waals surface area contributed by atoms with Gasteiger partial charge in [0.15, 0.2) is 0 Å². The van der Waals surface area contributed by atoms with Crippen LogP contribution in [0.15, 0.2) is 55.0 Å². The maximum Gasteiger partial charge on any atom is 0.231 e. The number of aromatic nitrogens is 4. The van der Waals surface area contributed by atoms with Crippen LogP contribution in [0, 0.1) is 11.7 Å². The molecule has 1 unspecified atom stereocenters. The van der Waals surface area contributed by atoms with E-state index in [-0.39, 0.29) is 17.6 Å². The molecule has 3 aromatic heterocycles. The highest BCUT2D eigenvalue weighted by molar-refractivity contribution is 7.18. The summed E-state index contributed by atoms with van der Waals surface area (Å²) in [5.74, 6) is -0.570. The van der Waals surface area contributed by atoms with Crippen molar-refractivity contribution < 1.29 is 9.18 Å². The van der Waals surface area contributed by atoms with Crippen molar-refractivity contribution in [1.29, 1.82) is 0 Å². The SMILES string of the molecule is O=C(Nc1nnc(-c2ccncc2)s1)C1CCCN(c2ccnc3ccc(F)cc23)C1. The third kappa shape index (κ3) is 4.09. The molecule has 31 heavy (non-hydrogen) atoms. The van der Waals surface area contributed by atoms with Crippen LogP contribution in [-0.2, 0) is 4.79 Å². The van der Waals surface area contributed by atoms with E-state index in [0.29, 0.717) is 11.7 Å². The van der Waals surface area contributed by atoms with Gasteiger partial charge in [0.25, 0.3) is 0 Å². The van der Waals surface area contributed by atoms with Crippen LogP contribution in [0.5, 0.6) is 0 Å². The quantitative estimate of drug-likeness (QED) is 0.520. The minimum Gasteiger partial charge on any atom is -0.370 e. The number of nitrogens with one attached hydrogen (secondary N) is 1. The molecule has 5 rings (SSSR count). The second-order valence-electron chi connectivity index (χ2n) is 7.41. The molecule has 1 atom stereocenters. The molecule has 0 aliphatic carbocycles. The lowest BCUT2D eigenvalue weighted by Crippen LogP contribution is -2.40. The number of halogens is 1. The lowest BCUT2D eigenvalue weighted by Gasteiger charge is -2.34. The van der Waals surface area contributed by atoms with Crippen molar-refractivity contribution in [2.45, 2.75) is 12.8 Å². The van der Waals surface area contributed by atoms with Gasteiger partial charge in [0.05, 0.1) is 11.4 Å². The third-order valence-corrected chi connectivity index (χ3v) is 6.28. The molecular weight excluding hydrogens is 415 g/mol. The Bertz CT molecular complexity index is 1230. The van der Waals surface area contributed by atoms with Gasteiger partial charge < -0.3 is 10.2 Å². The molecule has 0 spiro atoms. The van der Waals surface area contributed by atoms with Crippen LogP contribution in [0.4, 0.5) is 15.2 Å². The van der Waals surface area contributed by atoms with Crippen LogP contribution >= 0.6 is 11.3 Å². The molecule has 1 N–H and O–H groups in total. The van der Waals surface area contributed by atoms with Gasteiger partial charge in [-0.05, 0) is 49.2 Å². The van der Waals surface area contributed by atoms with Crippen molar-refractivity contribution >= 4 is 39.0 Å². The lowest BCUT2D eigenvalue weighted by molar-refractivity contribution is -0.120. The Morgan fingerprint density at radius 1 is 1.13 bits per heavy atom. The molecular formula is C22H19FN6OS. The number of hydrogen-bond acceptors (Lipinski definition) is 7. The van der Waals surface area contributed by atoms with Gasteiger partial charge >= 0.3 is 0 Å². The van der Waals surface area contributed by atoms with Crippen LogP contribution in [0.25, 0.3) is 21.5 Å². The molecule has 4 aromatic rings. The number of anilines is 2. The zero-order chi connectivity index (χ0) is 21.2. The second kappa shape index (κ2) is 8.35. The number of carbonyl (C=O) groups is 1. The Morgan fingerprint density at radius 3 is 2.87 bits per heavy atom. The fourth-order valence-electron chi connectivity index (χ4n) is 3.88. The van der Waals surface area contributed by atoms with Crippen LogP contribution in [0.3, 0.4) is 0 Å². The van der Waals surface area contributed by atoms with Crippen molar-refractivity contribution in [2.24, 2.45) is 5.92 Å². The predicted octanol–water partition coefficient (Wildman–Crippen LogP) is 4.14. The van der Waals surface area contributed by atoms with E-state index < -0.39 is 0 Å². The fraction of sp³-hybridized carbons (Fsp3) is 0.227. The van der Waals surface area contributed by atoms with Crippen molar-refractivity contribution in [3.63, 3.8) is 0 Å². The summed E-state index contributed by atoms with van der Waals surface area (Å²) in [6.07, 6.45) is 6.77. The van der Waals surface area contributed by atoms with Crippen molar-refractivity contribution in [2.75, 3.05) is 23.3 Å². The van der Waals surface area contributed by atoms with E-state index >= 15 is 0 Å². The normalized spacial score (nSPS) is 16.4.